The summed E-state index contributed by atoms with van der Waals surface area (Å²) in [6, 6.07) is 0. The van der Waals surface area contributed by atoms with Crippen LogP contribution >= 0.6 is 0 Å². The molecule has 0 aromatic heterocycles. The quantitative estimate of drug-likeness (QED) is 0.807. The van der Waals surface area contributed by atoms with Gasteiger partial charge in [-0.05, 0) is 49.9 Å². The molecule has 18 heavy (non-hydrogen) atoms. The Labute approximate surface area is 107 Å². The van der Waals surface area contributed by atoms with E-state index >= 15 is 0 Å². The molecule has 0 spiro atoms. The minimum atomic E-state index is -0.822. The van der Waals surface area contributed by atoms with Crippen LogP contribution in [0.5, 0.6) is 0 Å². The van der Waals surface area contributed by atoms with Crippen molar-refractivity contribution in [2.75, 3.05) is 13.1 Å². The highest BCUT2D eigenvalue weighted by atomic mass is 16.4. The van der Waals surface area contributed by atoms with Crippen LogP contribution in [0.25, 0.3) is 0 Å². The first kappa shape index (κ1) is 12.0. The third kappa shape index (κ3) is 1.73. The number of carbonyl (C=O) groups is 2. The summed E-state index contributed by atoms with van der Waals surface area (Å²) in [5.41, 5.74) is 0. The monoisotopic (exact) mass is 251 g/mol. The van der Waals surface area contributed by atoms with Crippen LogP contribution < -0.4 is 0 Å². The van der Waals surface area contributed by atoms with Gasteiger partial charge in [0.1, 0.15) is 0 Å². The lowest BCUT2D eigenvalue weighted by atomic mass is 10.0. The highest BCUT2D eigenvalue weighted by molar-refractivity contribution is 5.83. The Morgan fingerprint density at radius 3 is 2.33 bits per heavy atom. The predicted octanol–water partition coefficient (Wildman–Crippen LogP) is 1.60. The van der Waals surface area contributed by atoms with Gasteiger partial charge >= 0.3 is 5.97 Å². The molecule has 4 atom stereocenters. The second-order valence-electron chi connectivity index (χ2n) is 6.08. The molecule has 4 nitrogen and oxygen atoms in total. The van der Waals surface area contributed by atoms with Crippen molar-refractivity contribution in [3.05, 3.63) is 0 Å². The lowest BCUT2D eigenvalue weighted by Gasteiger charge is -2.21. The van der Waals surface area contributed by atoms with E-state index in [1.54, 1.807) is 4.90 Å². The lowest BCUT2D eigenvalue weighted by molar-refractivity contribution is -0.139. The van der Waals surface area contributed by atoms with Gasteiger partial charge in [-0.25, -0.2) is 0 Å². The van der Waals surface area contributed by atoms with Crippen molar-refractivity contribution >= 4 is 11.9 Å². The number of carbonyl (C=O) groups excluding carboxylic acids is 1. The highest BCUT2D eigenvalue weighted by Gasteiger charge is 2.67. The van der Waals surface area contributed by atoms with Gasteiger partial charge in [-0.3, -0.25) is 9.59 Å². The lowest BCUT2D eigenvalue weighted by Crippen LogP contribution is -2.35. The third-order valence-corrected chi connectivity index (χ3v) is 5.31. The maximum absolute atomic E-state index is 12.4. The summed E-state index contributed by atoms with van der Waals surface area (Å²) in [6.45, 7) is 2.94. The van der Waals surface area contributed by atoms with Gasteiger partial charge in [-0.2, -0.15) is 0 Å². The van der Waals surface area contributed by atoms with Crippen molar-refractivity contribution in [2.45, 2.75) is 32.6 Å². The average molecular weight is 251 g/mol. The number of hydrogen-bond acceptors (Lipinski definition) is 2. The van der Waals surface area contributed by atoms with Gasteiger partial charge in [0.05, 0.1) is 6.42 Å². The first-order chi connectivity index (χ1) is 8.63. The Kier molecular flexibility index (Phi) is 2.83. The Balaban J connectivity index is 1.59. The zero-order valence-corrected chi connectivity index (χ0v) is 10.8. The number of carboxylic acid groups (broad SMARTS) is 1. The van der Waals surface area contributed by atoms with Crippen LogP contribution in [0.2, 0.25) is 0 Å². The van der Waals surface area contributed by atoms with Crippen LogP contribution in [0.1, 0.15) is 32.6 Å². The van der Waals surface area contributed by atoms with E-state index in [1.165, 1.54) is 19.3 Å². The van der Waals surface area contributed by atoms with Crippen LogP contribution in [0.15, 0.2) is 0 Å². The molecule has 3 aliphatic rings. The van der Waals surface area contributed by atoms with Crippen molar-refractivity contribution in [2.24, 2.45) is 29.6 Å². The zero-order valence-electron chi connectivity index (χ0n) is 10.8. The Morgan fingerprint density at radius 2 is 1.83 bits per heavy atom. The minimum absolute atomic E-state index is 0.0640. The molecule has 0 aliphatic heterocycles. The zero-order chi connectivity index (χ0) is 12.9. The Hall–Kier alpha value is -1.06. The summed E-state index contributed by atoms with van der Waals surface area (Å²) in [4.78, 5) is 24.8. The Bertz CT molecular complexity index is 365. The van der Waals surface area contributed by atoms with Gasteiger partial charge in [0.15, 0.2) is 0 Å². The summed E-state index contributed by atoms with van der Waals surface area (Å²) >= 11 is 0. The van der Waals surface area contributed by atoms with E-state index in [9.17, 15) is 9.59 Å². The maximum atomic E-state index is 12.4. The summed E-state index contributed by atoms with van der Waals surface area (Å²) in [5.74, 6) is 2.54. The van der Waals surface area contributed by atoms with Gasteiger partial charge < -0.3 is 10.0 Å². The SMILES string of the molecule is CCN(CCC(=O)O)C(=O)C1C2C3CCC(C3)C12. The van der Waals surface area contributed by atoms with Crippen molar-refractivity contribution in [3.8, 4) is 0 Å². The maximum Gasteiger partial charge on any atom is 0.305 e. The minimum Gasteiger partial charge on any atom is -0.481 e. The van der Waals surface area contributed by atoms with E-state index in [-0.39, 0.29) is 18.2 Å². The van der Waals surface area contributed by atoms with Crippen molar-refractivity contribution in [3.63, 3.8) is 0 Å². The highest BCUT2D eigenvalue weighted by Crippen LogP contribution is 2.69. The van der Waals surface area contributed by atoms with Gasteiger partial charge in [-0.15, -0.1) is 0 Å². The number of carboxylic acids is 1. The molecule has 3 saturated carbocycles. The smallest absolute Gasteiger partial charge is 0.305 e. The van der Waals surface area contributed by atoms with Crippen molar-refractivity contribution in [1.82, 2.24) is 4.90 Å². The molecular weight excluding hydrogens is 230 g/mol. The summed E-state index contributed by atoms with van der Waals surface area (Å²) < 4.78 is 0. The van der Waals surface area contributed by atoms with Crippen LogP contribution in [0, 0.1) is 29.6 Å². The van der Waals surface area contributed by atoms with Crippen molar-refractivity contribution < 1.29 is 14.7 Å². The fourth-order valence-electron chi connectivity index (χ4n) is 4.52. The summed E-state index contributed by atoms with van der Waals surface area (Å²) in [6.07, 6.45) is 4.04. The molecule has 0 saturated heterocycles. The summed E-state index contributed by atoms with van der Waals surface area (Å²) in [7, 11) is 0. The molecule has 4 unspecified atom stereocenters. The van der Waals surface area contributed by atoms with Crippen LogP contribution in [-0.4, -0.2) is 35.0 Å². The number of aliphatic carboxylic acids is 1. The molecule has 2 bridgehead atoms. The van der Waals surface area contributed by atoms with E-state index in [2.05, 4.69) is 0 Å². The molecule has 4 heteroatoms. The van der Waals surface area contributed by atoms with E-state index < -0.39 is 5.97 Å². The van der Waals surface area contributed by atoms with E-state index in [0.717, 1.165) is 11.8 Å². The van der Waals surface area contributed by atoms with Crippen LogP contribution in [0.4, 0.5) is 0 Å². The fraction of sp³-hybridized carbons (Fsp3) is 0.857. The molecule has 0 aromatic rings. The molecule has 3 aliphatic carbocycles. The first-order valence-corrected chi connectivity index (χ1v) is 7.14. The number of hydrogen-bond donors (Lipinski definition) is 1. The number of nitrogens with zero attached hydrogens (tertiary/aromatic N) is 1. The molecule has 1 N–H and O–H groups in total. The second kappa shape index (κ2) is 4.25. The van der Waals surface area contributed by atoms with Crippen LogP contribution in [0.3, 0.4) is 0 Å². The second-order valence-corrected chi connectivity index (χ2v) is 6.08. The molecule has 1 amide bonds. The standard InChI is InChI=1S/C14H21NO3/c1-2-15(6-5-10(16)17)14(18)13-11-8-3-4-9(7-8)12(11)13/h8-9,11-13H,2-7H2,1H3,(H,16,17). The van der Waals surface area contributed by atoms with Gasteiger partial charge in [0.25, 0.3) is 0 Å². The number of fused-ring (bicyclic) bond motifs is 5. The molecule has 3 fully saturated rings. The fourth-order valence-corrected chi connectivity index (χ4v) is 4.52. The number of amides is 1. The normalized spacial score (nSPS) is 39.5. The van der Waals surface area contributed by atoms with Gasteiger partial charge in [-0.1, -0.05) is 0 Å². The predicted molar refractivity (Wildman–Crippen MR) is 65.8 cm³/mol. The summed E-state index contributed by atoms with van der Waals surface area (Å²) in [5, 5.41) is 8.71. The van der Waals surface area contributed by atoms with Crippen molar-refractivity contribution in [1.29, 1.82) is 0 Å². The molecule has 0 aromatic carbocycles. The first-order valence-electron chi connectivity index (χ1n) is 7.14. The molecule has 0 heterocycles. The molecule has 3 rings (SSSR count). The van der Waals surface area contributed by atoms with E-state index in [0.29, 0.717) is 24.9 Å². The topological polar surface area (TPSA) is 57.6 Å². The molecule has 0 radical (unpaired) electrons. The largest absolute Gasteiger partial charge is 0.481 e. The Morgan fingerprint density at radius 1 is 1.22 bits per heavy atom. The van der Waals surface area contributed by atoms with E-state index in [4.69, 9.17) is 5.11 Å². The molecule has 100 valence electrons. The third-order valence-electron chi connectivity index (χ3n) is 5.31. The average Bonchev–Trinajstić information content (AvgIpc) is 2.78. The van der Waals surface area contributed by atoms with Crippen LogP contribution in [-0.2, 0) is 9.59 Å². The van der Waals surface area contributed by atoms with E-state index in [1.807, 2.05) is 6.92 Å². The molecular formula is C14H21NO3. The van der Waals surface area contributed by atoms with Gasteiger partial charge in [0, 0.05) is 19.0 Å². The number of rotatable bonds is 5. The van der Waals surface area contributed by atoms with Gasteiger partial charge in [0.2, 0.25) is 5.91 Å².